The zero-order valence-electron chi connectivity index (χ0n) is 11.0. The van der Waals surface area contributed by atoms with Gasteiger partial charge < -0.3 is 14.8 Å². The van der Waals surface area contributed by atoms with Crippen LogP contribution in [0.15, 0.2) is 30.3 Å². The highest BCUT2D eigenvalue weighted by Crippen LogP contribution is 2.03. The molecule has 0 radical (unpaired) electrons. The predicted octanol–water partition coefficient (Wildman–Crippen LogP) is 0.506. The van der Waals surface area contributed by atoms with Crippen LogP contribution in [0.25, 0.3) is 0 Å². The second kappa shape index (κ2) is 7.83. The highest BCUT2D eigenvalue weighted by molar-refractivity contribution is 5.99. The lowest BCUT2D eigenvalue weighted by molar-refractivity contribution is -0.144. The average molecular weight is 277 g/mol. The van der Waals surface area contributed by atoms with Crippen molar-refractivity contribution in [1.82, 2.24) is 5.32 Å². The van der Waals surface area contributed by atoms with Gasteiger partial charge in [0.15, 0.2) is 0 Å². The molecule has 0 aliphatic carbocycles. The minimum Gasteiger partial charge on any atom is -0.467 e. The first kappa shape index (κ1) is 15.6. The molecule has 0 spiro atoms. The molecule has 1 aromatic rings. The maximum Gasteiger partial charge on any atom is 0.328 e. The number of benzene rings is 1. The van der Waals surface area contributed by atoms with Gasteiger partial charge in [-0.1, -0.05) is 18.2 Å². The third-order valence-corrected chi connectivity index (χ3v) is 2.57. The van der Waals surface area contributed by atoms with Gasteiger partial charge in [-0.25, -0.2) is 4.79 Å². The van der Waals surface area contributed by atoms with Crippen LogP contribution < -0.4 is 5.32 Å². The molecule has 20 heavy (non-hydrogen) atoms. The Bertz CT molecular complexity index is 498. The number of hydrogen-bond donors (Lipinski definition) is 1. The lowest BCUT2D eigenvalue weighted by atomic mass is 10.1. The summed E-state index contributed by atoms with van der Waals surface area (Å²) in [5.41, 5.74) is 0.365. The molecular formula is C14H15NO5. The van der Waals surface area contributed by atoms with Gasteiger partial charge in [0.2, 0.25) is 0 Å². The number of methoxy groups -OCH3 is 1. The summed E-state index contributed by atoms with van der Waals surface area (Å²) in [6.07, 6.45) is -0.117. The third-order valence-electron chi connectivity index (χ3n) is 2.57. The van der Waals surface area contributed by atoms with Crippen molar-refractivity contribution in [2.24, 2.45) is 0 Å². The second-order valence-electron chi connectivity index (χ2n) is 4.03. The zero-order valence-corrected chi connectivity index (χ0v) is 11.0. The number of esters is 1. The normalized spacial score (nSPS) is 11.2. The van der Waals surface area contributed by atoms with Crippen LogP contribution in [0, 0.1) is 0 Å². The van der Waals surface area contributed by atoms with E-state index in [-0.39, 0.29) is 12.8 Å². The average Bonchev–Trinajstić information content (AvgIpc) is 2.46. The first-order valence-electron chi connectivity index (χ1n) is 5.97. The summed E-state index contributed by atoms with van der Waals surface area (Å²) < 4.78 is 4.53. The molecule has 1 atom stereocenters. The summed E-state index contributed by atoms with van der Waals surface area (Å²) in [6.45, 7) is 0. The molecule has 0 bridgehead atoms. The van der Waals surface area contributed by atoms with E-state index in [0.717, 1.165) is 7.11 Å². The lowest BCUT2D eigenvalue weighted by Gasteiger charge is -2.15. The smallest absolute Gasteiger partial charge is 0.328 e. The summed E-state index contributed by atoms with van der Waals surface area (Å²) in [5, 5.41) is 2.42. The number of carbonyl (C=O) groups excluding carboxylic acids is 4. The number of hydrogen-bond acceptors (Lipinski definition) is 5. The maximum absolute atomic E-state index is 11.9. The lowest BCUT2D eigenvalue weighted by Crippen LogP contribution is -2.43. The molecule has 0 saturated carbocycles. The van der Waals surface area contributed by atoms with Gasteiger partial charge in [-0.05, 0) is 12.1 Å². The largest absolute Gasteiger partial charge is 0.467 e. The van der Waals surface area contributed by atoms with Gasteiger partial charge in [0, 0.05) is 12.0 Å². The molecule has 6 nitrogen and oxygen atoms in total. The molecule has 1 N–H and O–H groups in total. The fraction of sp³-hybridized carbons (Fsp3) is 0.286. The fourth-order valence-electron chi connectivity index (χ4n) is 1.57. The Hall–Kier alpha value is -2.50. The quantitative estimate of drug-likeness (QED) is 0.445. The number of amides is 1. The van der Waals surface area contributed by atoms with Crippen molar-refractivity contribution >= 4 is 23.9 Å². The second-order valence-corrected chi connectivity index (χ2v) is 4.03. The van der Waals surface area contributed by atoms with Gasteiger partial charge in [-0.15, -0.1) is 0 Å². The van der Waals surface area contributed by atoms with Crippen LogP contribution in [0.2, 0.25) is 0 Å². The standard InChI is InChI=1S/C14H15NO5/c1-20-14(19)12(9-11(17)7-8-16)15-13(18)10-5-3-2-4-6-10/h2-6,8,12H,7,9H2,1H3,(H,15,18)/t12-/m0/s1. The van der Waals surface area contributed by atoms with Crippen LogP contribution in [0.5, 0.6) is 0 Å². The highest BCUT2D eigenvalue weighted by Gasteiger charge is 2.24. The molecule has 0 aliphatic rings. The molecule has 1 amide bonds. The van der Waals surface area contributed by atoms with Crippen LogP contribution in [0.3, 0.4) is 0 Å². The van der Waals surface area contributed by atoms with Crippen molar-refractivity contribution in [1.29, 1.82) is 0 Å². The van der Waals surface area contributed by atoms with Crippen LogP contribution >= 0.6 is 0 Å². The van der Waals surface area contributed by atoms with Crippen molar-refractivity contribution in [2.75, 3.05) is 7.11 Å². The Labute approximate surface area is 116 Å². The minimum atomic E-state index is -1.10. The molecular weight excluding hydrogens is 262 g/mol. The van der Waals surface area contributed by atoms with E-state index in [0.29, 0.717) is 11.8 Å². The number of rotatable bonds is 7. The highest BCUT2D eigenvalue weighted by atomic mass is 16.5. The van der Waals surface area contributed by atoms with E-state index < -0.39 is 23.7 Å². The topological polar surface area (TPSA) is 89.5 Å². The Morgan fingerprint density at radius 1 is 1.25 bits per heavy atom. The fourth-order valence-corrected chi connectivity index (χ4v) is 1.57. The summed E-state index contributed by atoms with van der Waals surface area (Å²) in [4.78, 5) is 45.1. The number of carbonyl (C=O) groups is 4. The minimum absolute atomic E-state index is 0.274. The van der Waals surface area contributed by atoms with E-state index >= 15 is 0 Å². The SMILES string of the molecule is COC(=O)[C@H](CC(=O)CC=O)NC(=O)c1ccccc1. The van der Waals surface area contributed by atoms with Crippen molar-refractivity contribution < 1.29 is 23.9 Å². The van der Waals surface area contributed by atoms with Crippen molar-refractivity contribution in [2.45, 2.75) is 18.9 Å². The third kappa shape index (κ3) is 4.64. The predicted molar refractivity (Wildman–Crippen MR) is 70.0 cm³/mol. The van der Waals surface area contributed by atoms with Crippen molar-refractivity contribution in [3.63, 3.8) is 0 Å². The zero-order chi connectivity index (χ0) is 15.0. The Balaban J connectivity index is 2.74. The molecule has 0 saturated heterocycles. The van der Waals surface area contributed by atoms with Gasteiger partial charge in [-0.3, -0.25) is 9.59 Å². The number of aldehydes is 1. The Morgan fingerprint density at radius 3 is 2.45 bits per heavy atom. The molecule has 0 aromatic heterocycles. The first-order chi connectivity index (χ1) is 9.58. The number of Topliss-reactive ketones (excluding diaryl/α,β-unsaturated/α-hetero) is 1. The summed E-state index contributed by atoms with van der Waals surface area (Å²) in [5.74, 6) is -1.66. The molecule has 0 fully saturated rings. The number of ketones is 1. The van der Waals surface area contributed by atoms with Crippen LogP contribution in [0.4, 0.5) is 0 Å². The van der Waals surface area contributed by atoms with E-state index in [1.54, 1.807) is 30.3 Å². The van der Waals surface area contributed by atoms with Crippen molar-refractivity contribution in [3.05, 3.63) is 35.9 Å². The summed E-state index contributed by atoms with van der Waals surface area (Å²) in [7, 11) is 1.16. The Kier molecular flexibility index (Phi) is 6.09. The summed E-state index contributed by atoms with van der Waals surface area (Å²) in [6, 6.07) is 7.18. The molecule has 0 unspecified atom stereocenters. The van der Waals surface area contributed by atoms with Gasteiger partial charge in [0.05, 0.1) is 13.5 Å². The molecule has 1 aromatic carbocycles. The van der Waals surface area contributed by atoms with Gasteiger partial charge in [0.25, 0.3) is 5.91 Å². The van der Waals surface area contributed by atoms with E-state index in [9.17, 15) is 19.2 Å². The molecule has 6 heteroatoms. The van der Waals surface area contributed by atoms with Gasteiger partial charge in [-0.2, -0.15) is 0 Å². The van der Waals surface area contributed by atoms with E-state index in [4.69, 9.17) is 0 Å². The molecule has 106 valence electrons. The first-order valence-corrected chi connectivity index (χ1v) is 5.97. The van der Waals surface area contributed by atoms with Crippen LogP contribution in [-0.2, 0) is 19.1 Å². The molecule has 0 heterocycles. The van der Waals surface area contributed by atoms with Crippen LogP contribution in [-0.4, -0.2) is 37.1 Å². The van der Waals surface area contributed by atoms with Crippen molar-refractivity contribution in [3.8, 4) is 0 Å². The summed E-state index contributed by atoms with van der Waals surface area (Å²) >= 11 is 0. The van der Waals surface area contributed by atoms with E-state index in [1.165, 1.54) is 0 Å². The van der Waals surface area contributed by atoms with E-state index in [1.807, 2.05) is 0 Å². The molecule has 1 rings (SSSR count). The van der Waals surface area contributed by atoms with Gasteiger partial charge >= 0.3 is 5.97 Å². The molecule has 0 aliphatic heterocycles. The van der Waals surface area contributed by atoms with Gasteiger partial charge in [0.1, 0.15) is 18.1 Å². The maximum atomic E-state index is 11.9. The number of nitrogens with one attached hydrogen (secondary N) is 1. The van der Waals surface area contributed by atoms with Crippen LogP contribution in [0.1, 0.15) is 23.2 Å². The Morgan fingerprint density at radius 2 is 1.90 bits per heavy atom. The monoisotopic (exact) mass is 277 g/mol. The van der Waals surface area contributed by atoms with E-state index in [2.05, 4.69) is 10.1 Å². The number of ether oxygens (including phenoxy) is 1.